The number of nitrogens with zero attached hydrogens (tertiary/aromatic N) is 1. The van der Waals surface area contributed by atoms with E-state index in [9.17, 15) is 4.79 Å². The van der Waals surface area contributed by atoms with Gasteiger partial charge in [0.2, 0.25) is 0 Å². The molecule has 0 spiro atoms. The summed E-state index contributed by atoms with van der Waals surface area (Å²) in [6.45, 7) is 0. The maximum atomic E-state index is 10.9. The van der Waals surface area contributed by atoms with Crippen LogP contribution in [-0.4, -0.2) is 18.4 Å². The van der Waals surface area contributed by atoms with E-state index in [1.807, 2.05) is 0 Å². The molecule has 0 N–H and O–H groups in total. The second kappa shape index (κ2) is 6.59. The van der Waals surface area contributed by atoms with E-state index >= 15 is 0 Å². The number of carbonyl (C=O) groups is 1. The summed E-state index contributed by atoms with van der Waals surface area (Å²) >= 11 is 30.4. The van der Waals surface area contributed by atoms with Crippen molar-refractivity contribution in [3.8, 4) is 17.0 Å². The molecule has 0 amide bonds. The largest absolute Gasteiger partial charge is 0.494 e. The fourth-order valence-corrected chi connectivity index (χ4v) is 3.00. The topological polar surface area (TPSA) is 39.2 Å². The van der Waals surface area contributed by atoms with Crippen LogP contribution in [0.3, 0.4) is 0 Å². The third-order valence-corrected chi connectivity index (χ3v) is 4.94. The molecule has 0 radical (unpaired) electrons. The van der Waals surface area contributed by atoms with Gasteiger partial charge in [0.15, 0.2) is 6.29 Å². The zero-order chi connectivity index (χ0) is 15.7. The number of ether oxygens (including phenoxy) is 1. The molecule has 110 valence electrons. The SMILES string of the molecule is COc1ccc(C=O)nc1-c1c(Cl)c(Cl)c(Cl)c(Cl)c1Cl. The first kappa shape index (κ1) is 16.7. The van der Waals surface area contributed by atoms with Crippen molar-refractivity contribution < 1.29 is 9.53 Å². The summed E-state index contributed by atoms with van der Waals surface area (Å²) in [4.78, 5) is 15.0. The lowest BCUT2D eigenvalue weighted by Crippen LogP contribution is -1.97. The molecule has 2 aromatic rings. The summed E-state index contributed by atoms with van der Waals surface area (Å²) in [5, 5.41) is 0.281. The Morgan fingerprint density at radius 1 is 0.952 bits per heavy atom. The van der Waals surface area contributed by atoms with Crippen molar-refractivity contribution >= 4 is 64.3 Å². The third-order valence-electron chi connectivity index (χ3n) is 2.67. The van der Waals surface area contributed by atoms with Crippen LogP contribution in [0.25, 0.3) is 11.3 Å². The van der Waals surface area contributed by atoms with E-state index < -0.39 is 0 Å². The lowest BCUT2D eigenvalue weighted by Gasteiger charge is -2.14. The molecule has 3 nitrogen and oxygen atoms in total. The molecular formula is C13H6Cl5NO2. The van der Waals surface area contributed by atoms with E-state index in [4.69, 9.17) is 62.7 Å². The van der Waals surface area contributed by atoms with Gasteiger partial charge in [0.05, 0.1) is 32.2 Å². The quantitative estimate of drug-likeness (QED) is 0.379. The van der Waals surface area contributed by atoms with E-state index in [1.54, 1.807) is 6.07 Å². The van der Waals surface area contributed by atoms with E-state index in [0.717, 1.165) is 0 Å². The van der Waals surface area contributed by atoms with Crippen LogP contribution in [0.4, 0.5) is 0 Å². The Balaban J connectivity index is 2.87. The number of hydrogen-bond acceptors (Lipinski definition) is 3. The molecule has 1 heterocycles. The minimum Gasteiger partial charge on any atom is -0.494 e. The number of rotatable bonds is 3. The Labute approximate surface area is 145 Å². The van der Waals surface area contributed by atoms with Crippen molar-refractivity contribution in [3.63, 3.8) is 0 Å². The summed E-state index contributed by atoms with van der Waals surface area (Å²) < 4.78 is 5.20. The summed E-state index contributed by atoms with van der Waals surface area (Å²) in [6.07, 6.45) is 0.587. The monoisotopic (exact) mass is 383 g/mol. The molecule has 0 aliphatic rings. The van der Waals surface area contributed by atoms with E-state index in [0.29, 0.717) is 12.0 Å². The van der Waals surface area contributed by atoms with Crippen molar-refractivity contribution in [1.29, 1.82) is 0 Å². The van der Waals surface area contributed by atoms with Crippen LogP contribution in [-0.2, 0) is 0 Å². The maximum Gasteiger partial charge on any atom is 0.168 e. The number of aldehydes is 1. The molecule has 0 saturated carbocycles. The van der Waals surface area contributed by atoms with Crippen LogP contribution in [0.5, 0.6) is 5.75 Å². The number of aromatic nitrogens is 1. The van der Waals surface area contributed by atoms with Gasteiger partial charge >= 0.3 is 0 Å². The first-order chi connectivity index (χ1) is 9.92. The molecule has 0 aliphatic carbocycles. The van der Waals surface area contributed by atoms with Crippen LogP contribution in [0.1, 0.15) is 10.5 Å². The summed E-state index contributed by atoms with van der Waals surface area (Å²) in [7, 11) is 1.45. The van der Waals surface area contributed by atoms with Gasteiger partial charge in [-0.05, 0) is 12.1 Å². The van der Waals surface area contributed by atoms with Gasteiger partial charge in [-0.3, -0.25) is 4.79 Å². The Bertz CT molecular complexity index is 704. The van der Waals surface area contributed by atoms with Crippen LogP contribution >= 0.6 is 58.0 Å². The predicted octanol–water partition coefficient (Wildman–Crippen LogP) is 5.84. The average molecular weight is 385 g/mol. The molecule has 2 rings (SSSR count). The molecule has 0 unspecified atom stereocenters. The number of methoxy groups -OCH3 is 1. The molecule has 0 bridgehead atoms. The van der Waals surface area contributed by atoms with Gasteiger partial charge in [-0.2, -0.15) is 0 Å². The second-order valence-electron chi connectivity index (χ2n) is 3.85. The highest BCUT2D eigenvalue weighted by atomic mass is 35.5. The van der Waals surface area contributed by atoms with E-state index in [2.05, 4.69) is 4.98 Å². The normalized spacial score (nSPS) is 10.6. The van der Waals surface area contributed by atoms with Crippen molar-refractivity contribution in [1.82, 2.24) is 4.98 Å². The molecular weight excluding hydrogens is 379 g/mol. The minimum absolute atomic E-state index is 0.0441. The number of hydrogen-bond donors (Lipinski definition) is 0. The highest BCUT2D eigenvalue weighted by molar-refractivity contribution is 6.56. The van der Waals surface area contributed by atoms with Gasteiger partial charge in [0.1, 0.15) is 17.1 Å². The number of halogens is 5. The smallest absolute Gasteiger partial charge is 0.168 e. The second-order valence-corrected chi connectivity index (χ2v) is 5.74. The van der Waals surface area contributed by atoms with E-state index in [1.165, 1.54) is 13.2 Å². The third kappa shape index (κ3) is 2.94. The lowest BCUT2D eigenvalue weighted by molar-refractivity contribution is 0.111. The lowest BCUT2D eigenvalue weighted by atomic mass is 10.1. The van der Waals surface area contributed by atoms with Gasteiger partial charge < -0.3 is 4.74 Å². The van der Waals surface area contributed by atoms with Crippen molar-refractivity contribution in [3.05, 3.63) is 42.9 Å². The van der Waals surface area contributed by atoms with Gasteiger partial charge in [-0.25, -0.2) is 4.98 Å². The molecule has 0 aliphatic heterocycles. The Hall–Kier alpha value is -0.710. The highest BCUT2D eigenvalue weighted by Gasteiger charge is 2.23. The fraction of sp³-hybridized carbons (Fsp3) is 0.0769. The first-order valence-electron chi connectivity index (χ1n) is 5.44. The van der Waals surface area contributed by atoms with Gasteiger partial charge in [-0.15, -0.1) is 0 Å². The van der Waals surface area contributed by atoms with Crippen LogP contribution < -0.4 is 4.74 Å². The minimum atomic E-state index is 0.0441. The van der Waals surface area contributed by atoms with E-state index in [-0.39, 0.29) is 42.1 Å². The maximum absolute atomic E-state index is 10.9. The zero-order valence-electron chi connectivity index (χ0n) is 10.4. The van der Waals surface area contributed by atoms with Gasteiger partial charge in [0, 0.05) is 5.56 Å². The fourth-order valence-electron chi connectivity index (χ4n) is 1.68. The van der Waals surface area contributed by atoms with Crippen molar-refractivity contribution in [2.75, 3.05) is 7.11 Å². The Morgan fingerprint density at radius 3 is 1.95 bits per heavy atom. The molecule has 21 heavy (non-hydrogen) atoms. The van der Waals surface area contributed by atoms with Crippen LogP contribution in [0.2, 0.25) is 25.1 Å². The predicted molar refractivity (Wildman–Crippen MR) is 86.7 cm³/mol. The summed E-state index contributed by atoms with van der Waals surface area (Å²) in [6, 6.07) is 3.06. The molecule has 8 heteroatoms. The Kier molecular flexibility index (Phi) is 5.23. The van der Waals surface area contributed by atoms with Crippen molar-refractivity contribution in [2.45, 2.75) is 0 Å². The first-order valence-corrected chi connectivity index (χ1v) is 7.33. The van der Waals surface area contributed by atoms with Gasteiger partial charge in [-0.1, -0.05) is 58.0 Å². The summed E-state index contributed by atoms with van der Waals surface area (Å²) in [5.41, 5.74) is 0.677. The molecule has 1 aromatic carbocycles. The Morgan fingerprint density at radius 2 is 1.48 bits per heavy atom. The average Bonchev–Trinajstić information content (AvgIpc) is 2.51. The number of benzene rings is 1. The highest BCUT2D eigenvalue weighted by Crippen LogP contribution is 2.49. The standard InChI is InChI=1S/C13H6Cl5NO2/c1-21-6-3-2-5(4-20)19-13(6)7-8(14)10(16)12(18)11(17)9(7)15/h2-4H,1H3. The van der Waals surface area contributed by atoms with Crippen LogP contribution in [0, 0.1) is 0 Å². The molecule has 0 saturated heterocycles. The number of carbonyl (C=O) groups excluding carboxylic acids is 1. The van der Waals surface area contributed by atoms with Crippen molar-refractivity contribution in [2.24, 2.45) is 0 Å². The molecule has 0 atom stereocenters. The van der Waals surface area contributed by atoms with Crippen LogP contribution in [0.15, 0.2) is 12.1 Å². The molecule has 0 fully saturated rings. The zero-order valence-corrected chi connectivity index (χ0v) is 14.2. The number of pyridine rings is 1. The molecule has 1 aromatic heterocycles. The van der Waals surface area contributed by atoms with Gasteiger partial charge in [0.25, 0.3) is 0 Å². The summed E-state index contributed by atoms with van der Waals surface area (Å²) in [5.74, 6) is 0.360.